The zero-order chi connectivity index (χ0) is 14.4. The fraction of sp³-hybridized carbons (Fsp3) is 0.235. The number of hydrogen-bond donors (Lipinski definition) is 2. The average molecular weight is 280 g/mol. The van der Waals surface area contributed by atoms with Crippen LogP contribution in [0.25, 0.3) is 0 Å². The number of anilines is 1. The van der Waals surface area contributed by atoms with Crippen molar-refractivity contribution in [2.45, 2.75) is 12.0 Å². The van der Waals surface area contributed by atoms with E-state index in [0.717, 1.165) is 35.5 Å². The third kappa shape index (κ3) is 1.56. The largest absolute Gasteiger partial charge is 0.497 e. The Kier molecular flexibility index (Phi) is 2.56. The number of amides is 1. The first-order valence-corrected chi connectivity index (χ1v) is 7.09. The Morgan fingerprint density at radius 3 is 2.86 bits per heavy atom. The molecule has 1 amide bonds. The molecule has 0 radical (unpaired) electrons. The number of benzene rings is 2. The summed E-state index contributed by atoms with van der Waals surface area (Å²) in [6, 6.07) is 13.8. The molecule has 4 nitrogen and oxygen atoms in total. The van der Waals surface area contributed by atoms with Crippen LogP contribution in [0.3, 0.4) is 0 Å². The number of ether oxygens (including phenoxy) is 1. The molecule has 4 heteroatoms. The van der Waals surface area contributed by atoms with E-state index in [1.165, 1.54) is 5.56 Å². The second-order valence-corrected chi connectivity index (χ2v) is 5.45. The molecule has 0 aromatic heterocycles. The van der Waals surface area contributed by atoms with Gasteiger partial charge in [-0.2, -0.15) is 0 Å². The summed E-state index contributed by atoms with van der Waals surface area (Å²) in [7, 11) is 1.66. The lowest BCUT2D eigenvalue weighted by molar-refractivity contribution is -0.120. The summed E-state index contributed by atoms with van der Waals surface area (Å²) in [6.07, 6.45) is 0.893. The zero-order valence-electron chi connectivity index (χ0n) is 11.8. The topological polar surface area (TPSA) is 50.4 Å². The van der Waals surface area contributed by atoms with Crippen LogP contribution >= 0.6 is 0 Å². The number of rotatable bonds is 1. The van der Waals surface area contributed by atoms with Crippen molar-refractivity contribution in [3.63, 3.8) is 0 Å². The molecule has 2 aromatic rings. The highest BCUT2D eigenvalue weighted by Gasteiger charge is 2.50. The van der Waals surface area contributed by atoms with Crippen LogP contribution in [0.4, 0.5) is 5.69 Å². The van der Waals surface area contributed by atoms with Gasteiger partial charge in [-0.25, -0.2) is 0 Å². The van der Waals surface area contributed by atoms with Crippen LogP contribution in [0.15, 0.2) is 42.5 Å². The van der Waals surface area contributed by atoms with Crippen molar-refractivity contribution in [3.8, 4) is 5.75 Å². The highest BCUT2D eigenvalue weighted by molar-refractivity contribution is 6.08. The Bertz CT molecular complexity index is 741. The lowest BCUT2D eigenvalue weighted by Gasteiger charge is -2.35. The summed E-state index contributed by atoms with van der Waals surface area (Å²) >= 11 is 0. The van der Waals surface area contributed by atoms with E-state index in [4.69, 9.17) is 4.74 Å². The monoisotopic (exact) mass is 280 g/mol. The maximum Gasteiger partial charge on any atom is 0.254 e. The average Bonchev–Trinajstić information content (AvgIpc) is 2.80. The molecule has 2 aliphatic rings. The van der Waals surface area contributed by atoms with Gasteiger partial charge < -0.3 is 10.1 Å². The smallest absolute Gasteiger partial charge is 0.254 e. The van der Waals surface area contributed by atoms with E-state index in [-0.39, 0.29) is 5.91 Å². The van der Waals surface area contributed by atoms with Gasteiger partial charge in [-0.3, -0.25) is 10.1 Å². The van der Waals surface area contributed by atoms with Crippen LogP contribution in [-0.4, -0.2) is 19.6 Å². The Morgan fingerprint density at radius 1 is 1.14 bits per heavy atom. The predicted octanol–water partition coefficient (Wildman–Crippen LogP) is 2.04. The van der Waals surface area contributed by atoms with Crippen LogP contribution in [0.1, 0.15) is 16.7 Å². The number of methoxy groups -OCH3 is 1. The first kappa shape index (κ1) is 12.4. The molecule has 2 aromatic carbocycles. The van der Waals surface area contributed by atoms with Crippen LogP contribution in [-0.2, 0) is 16.8 Å². The van der Waals surface area contributed by atoms with Crippen LogP contribution in [0.2, 0.25) is 0 Å². The van der Waals surface area contributed by atoms with E-state index < -0.39 is 5.54 Å². The summed E-state index contributed by atoms with van der Waals surface area (Å²) in [5.41, 5.74) is 3.31. The molecule has 0 fully saturated rings. The number of nitrogens with one attached hydrogen (secondary N) is 2. The van der Waals surface area contributed by atoms with Gasteiger partial charge in [0.05, 0.1) is 7.11 Å². The molecule has 0 aliphatic carbocycles. The maximum absolute atomic E-state index is 12.7. The van der Waals surface area contributed by atoms with Gasteiger partial charge in [0.1, 0.15) is 5.75 Å². The van der Waals surface area contributed by atoms with E-state index >= 15 is 0 Å². The number of para-hydroxylation sites is 1. The van der Waals surface area contributed by atoms with Gasteiger partial charge in [0.25, 0.3) is 5.91 Å². The quantitative estimate of drug-likeness (QED) is 0.840. The van der Waals surface area contributed by atoms with Gasteiger partial charge in [0.2, 0.25) is 0 Å². The molecular formula is C17H16N2O2. The SMILES string of the molecule is COc1ccc2c(c1)CCNC21C(=O)Nc2ccccc21. The molecule has 21 heavy (non-hydrogen) atoms. The first-order valence-electron chi connectivity index (χ1n) is 7.09. The first-order chi connectivity index (χ1) is 10.3. The van der Waals surface area contributed by atoms with Gasteiger partial charge in [-0.1, -0.05) is 24.3 Å². The van der Waals surface area contributed by atoms with E-state index in [0.29, 0.717) is 0 Å². The Hall–Kier alpha value is -2.33. The van der Waals surface area contributed by atoms with Crippen molar-refractivity contribution >= 4 is 11.6 Å². The summed E-state index contributed by atoms with van der Waals surface area (Å²) in [5, 5.41) is 6.44. The molecule has 0 saturated heterocycles. The fourth-order valence-electron chi connectivity index (χ4n) is 3.45. The minimum Gasteiger partial charge on any atom is -0.497 e. The molecular weight excluding hydrogens is 264 g/mol. The second kappa shape index (κ2) is 4.33. The Balaban J connectivity index is 1.97. The van der Waals surface area contributed by atoms with Crippen molar-refractivity contribution in [1.82, 2.24) is 5.32 Å². The second-order valence-electron chi connectivity index (χ2n) is 5.45. The molecule has 2 aliphatic heterocycles. The van der Waals surface area contributed by atoms with E-state index in [9.17, 15) is 4.79 Å². The van der Waals surface area contributed by atoms with Crippen molar-refractivity contribution in [3.05, 3.63) is 59.2 Å². The maximum atomic E-state index is 12.7. The summed E-state index contributed by atoms with van der Waals surface area (Å²) in [4.78, 5) is 12.7. The summed E-state index contributed by atoms with van der Waals surface area (Å²) in [5.74, 6) is 0.826. The molecule has 106 valence electrons. The highest BCUT2D eigenvalue weighted by Crippen LogP contribution is 2.44. The van der Waals surface area contributed by atoms with Crippen molar-refractivity contribution in [1.29, 1.82) is 0 Å². The lowest BCUT2D eigenvalue weighted by Crippen LogP contribution is -2.52. The molecule has 2 heterocycles. The van der Waals surface area contributed by atoms with Crippen molar-refractivity contribution < 1.29 is 9.53 Å². The van der Waals surface area contributed by atoms with Crippen molar-refractivity contribution in [2.75, 3.05) is 19.0 Å². The van der Waals surface area contributed by atoms with Crippen molar-refractivity contribution in [2.24, 2.45) is 0 Å². The minimum absolute atomic E-state index is 0.00480. The molecule has 2 N–H and O–H groups in total. The number of carbonyl (C=O) groups excluding carboxylic acids is 1. The molecule has 0 bridgehead atoms. The van der Waals surface area contributed by atoms with Crippen LogP contribution in [0.5, 0.6) is 5.75 Å². The van der Waals surface area contributed by atoms with Gasteiger partial charge in [-0.15, -0.1) is 0 Å². The third-order valence-electron chi connectivity index (χ3n) is 4.42. The summed E-state index contributed by atoms with van der Waals surface area (Å²) < 4.78 is 5.31. The third-order valence-corrected chi connectivity index (χ3v) is 4.42. The number of carbonyl (C=O) groups is 1. The fourth-order valence-corrected chi connectivity index (χ4v) is 3.45. The highest BCUT2D eigenvalue weighted by atomic mass is 16.5. The van der Waals surface area contributed by atoms with Crippen LogP contribution < -0.4 is 15.4 Å². The van der Waals surface area contributed by atoms with Crippen LogP contribution in [0, 0.1) is 0 Å². The standard InChI is InChI=1S/C17H16N2O2/c1-21-12-6-7-13-11(10-12)8-9-18-17(13)14-4-2-3-5-15(14)19-16(17)20/h2-7,10,18H,8-9H2,1H3,(H,19,20). The number of fused-ring (bicyclic) bond motifs is 4. The van der Waals surface area contributed by atoms with Gasteiger partial charge in [0.15, 0.2) is 5.54 Å². The van der Waals surface area contributed by atoms with Gasteiger partial charge in [-0.05, 0) is 35.7 Å². The molecule has 1 spiro atoms. The predicted molar refractivity (Wildman–Crippen MR) is 80.6 cm³/mol. The van der Waals surface area contributed by atoms with Gasteiger partial charge in [0, 0.05) is 17.8 Å². The zero-order valence-corrected chi connectivity index (χ0v) is 11.8. The Labute approximate surface area is 123 Å². The molecule has 0 saturated carbocycles. The summed E-state index contributed by atoms with van der Waals surface area (Å²) in [6.45, 7) is 0.766. The Morgan fingerprint density at radius 2 is 2.00 bits per heavy atom. The molecule has 1 unspecified atom stereocenters. The normalized spacial score (nSPS) is 22.6. The lowest BCUT2D eigenvalue weighted by atomic mass is 9.78. The minimum atomic E-state index is -0.767. The number of hydrogen-bond acceptors (Lipinski definition) is 3. The molecule has 4 rings (SSSR count). The molecule has 1 atom stereocenters. The van der Waals surface area contributed by atoms with E-state index in [1.54, 1.807) is 7.11 Å². The van der Waals surface area contributed by atoms with Gasteiger partial charge >= 0.3 is 0 Å². The van der Waals surface area contributed by atoms with E-state index in [2.05, 4.69) is 10.6 Å². The van der Waals surface area contributed by atoms with E-state index in [1.807, 2.05) is 42.5 Å².